The maximum atomic E-state index is 11.9. The molecule has 7 heteroatoms. The Balaban J connectivity index is 1.81. The highest BCUT2D eigenvalue weighted by Gasteiger charge is 2.28. The zero-order chi connectivity index (χ0) is 15.5. The molecule has 1 heterocycles. The van der Waals surface area contributed by atoms with Crippen molar-refractivity contribution < 1.29 is 13.2 Å². The number of halogens is 1. The van der Waals surface area contributed by atoms with Gasteiger partial charge in [0.1, 0.15) is 0 Å². The van der Waals surface area contributed by atoms with Crippen LogP contribution in [0, 0.1) is 0 Å². The Bertz CT molecular complexity index is 618. The first-order chi connectivity index (χ1) is 9.85. The summed E-state index contributed by atoms with van der Waals surface area (Å²) in [7, 11) is -1.14. The molecule has 5 nitrogen and oxygen atoms in total. The lowest BCUT2D eigenvalue weighted by molar-refractivity contribution is -0.122. The Labute approximate surface area is 130 Å². The van der Waals surface area contributed by atoms with Gasteiger partial charge in [0.25, 0.3) is 0 Å². The summed E-state index contributed by atoms with van der Waals surface area (Å²) in [4.78, 5) is 13.8. The Morgan fingerprint density at radius 3 is 2.76 bits per heavy atom. The van der Waals surface area contributed by atoms with E-state index in [1.54, 1.807) is 0 Å². The molecule has 1 saturated heterocycles. The number of carbonyl (C=O) groups excluding carboxylic acids is 1. The Hall–Kier alpha value is -1.11. The first kappa shape index (κ1) is 16.3. The zero-order valence-corrected chi connectivity index (χ0v) is 13.5. The van der Waals surface area contributed by atoms with E-state index < -0.39 is 9.84 Å². The molecule has 0 aromatic heterocycles. The average Bonchev–Trinajstić information content (AvgIpc) is 2.71. The maximum Gasteiger partial charge on any atom is 0.234 e. The van der Waals surface area contributed by atoms with Gasteiger partial charge in [-0.15, -0.1) is 0 Å². The third kappa shape index (κ3) is 4.98. The summed E-state index contributed by atoms with van der Waals surface area (Å²) in [6.45, 7) is 0.776. The fraction of sp³-hybridized carbons (Fsp3) is 0.500. The zero-order valence-electron chi connectivity index (χ0n) is 11.9. The monoisotopic (exact) mass is 330 g/mol. The van der Waals surface area contributed by atoms with Crippen LogP contribution in [0.1, 0.15) is 12.0 Å². The van der Waals surface area contributed by atoms with E-state index >= 15 is 0 Å². The second-order valence-electron chi connectivity index (χ2n) is 5.43. The molecule has 1 fully saturated rings. The highest BCUT2D eigenvalue weighted by molar-refractivity contribution is 7.91. The van der Waals surface area contributed by atoms with Crippen molar-refractivity contribution in [3.8, 4) is 0 Å². The van der Waals surface area contributed by atoms with E-state index in [1.165, 1.54) is 0 Å². The number of nitrogens with zero attached hydrogens (tertiary/aromatic N) is 1. The highest BCUT2D eigenvalue weighted by atomic mass is 35.5. The molecule has 0 radical (unpaired) electrons. The Kier molecular flexibility index (Phi) is 5.24. The third-order valence-corrected chi connectivity index (χ3v) is 5.55. The maximum absolute atomic E-state index is 11.9. The quantitative estimate of drug-likeness (QED) is 0.877. The fourth-order valence-electron chi connectivity index (χ4n) is 2.40. The van der Waals surface area contributed by atoms with Gasteiger partial charge >= 0.3 is 0 Å². The van der Waals surface area contributed by atoms with Crippen LogP contribution in [0.4, 0.5) is 0 Å². The van der Waals surface area contributed by atoms with Crippen LogP contribution in [0.2, 0.25) is 5.02 Å². The lowest BCUT2D eigenvalue weighted by atomic mass is 10.2. The molecule has 0 aliphatic carbocycles. The average molecular weight is 331 g/mol. The summed E-state index contributed by atoms with van der Waals surface area (Å²) in [5.74, 6) is 0.0482. The van der Waals surface area contributed by atoms with E-state index in [2.05, 4.69) is 5.32 Å². The lowest BCUT2D eigenvalue weighted by Gasteiger charge is -2.18. The van der Waals surface area contributed by atoms with Gasteiger partial charge < -0.3 is 5.32 Å². The van der Waals surface area contributed by atoms with Crippen molar-refractivity contribution in [2.45, 2.75) is 19.0 Å². The summed E-state index contributed by atoms with van der Waals surface area (Å²) >= 11 is 6.08. The number of sulfone groups is 1. The van der Waals surface area contributed by atoms with Crippen LogP contribution < -0.4 is 5.32 Å². The molecular formula is C14H19ClN2O3S. The van der Waals surface area contributed by atoms with Crippen LogP contribution in [-0.2, 0) is 21.2 Å². The van der Waals surface area contributed by atoms with Crippen LogP contribution in [-0.4, -0.2) is 50.4 Å². The second kappa shape index (κ2) is 6.77. The first-order valence-electron chi connectivity index (χ1n) is 6.77. The molecule has 2 rings (SSSR count). The molecule has 1 amide bonds. The molecule has 0 bridgehead atoms. The van der Waals surface area contributed by atoms with Crippen molar-refractivity contribution in [1.82, 2.24) is 10.2 Å². The number of hydrogen-bond acceptors (Lipinski definition) is 4. The van der Waals surface area contributed by atoms with Gasteiger partial charge in [0.15, 0.2) is 9.84 Å². The molecule has 1 aromatic rings. The van der Waals surface area contributed by atoms with E-state index in [4.69, 9.17) is 11.6 Å². The normalized spacial score (nSPS) is 20.6. The van der Waals surface area contributed by atoms with Gasteiger partial charge in [-0.3, -0.25) is 9.69 Å². The van der Waals surface area contributed by atoms with E-state index in [1.807, 2.05) is 36.2 Å². The van der Waals surface area contributed by atoms with Crippen molar-refractivity contribution in [2.75, 3.05) is 25.1 Å². The van der Waals surface area contributed by atoms with E-state index in [9.17, 15) is 13.2 Å². The molecule has 116 valence electrons. The van der Waals surface area contributed by atoms with Crippen LogP contribution >= 0.6 is 11.6 Å². The van der Waals surface area contributed by atoms with Gasteiger partial charge in [0, 0.05) is 17.6 Å². The first-order valence-corrected chi connectivity index (χ1v) is 8.97. The fourth-order valence-corrected chi connectivity index (χ4v) is 4.27. The van der Waals surface area contributed by atoms with E-state index in [-0.39, 0.29) is 30.0 Å². The molecule has 0 unspecified atom stereocenters. The second-order valence-corrected chi connectivity index (χ2v) is 8.07. The number of likely N-dealkylation sites (N-methyl/N-ethyl adjacent to an activating group) is 1. The smallest absolute Gasteiger partial charge is 0.234 e. The van der Waals surface area contributed by atoms with E-state index in [0.717, 1.165) is 5.56 Å². The summed E-state index contributed by atoms with van der Waals surface area (Å²) in [5.41, 5.74) is 0.956. The van der Waals surface area contributed by atoms with Crippen molar-refractivity contribution in [2.24, 2.45) is 0 Å². The third-order valence-electron chi connectivity index (χ3n) is 3.41. The van der Waals surface area contributed by atoms with Crippen molar-refractivity contribution in [3.63, 3.8) is 0 Å². The minimum absolute atomic E-state index is 0.0486. The van der Waals surface area contributed by atoms with Crippen LogP contribution in [0.15, 0.2) is 24.3 Å². The van der Waals surface area contributed by atoms with Crippen LogP contribution in [0.5, 0.6) is 0 Å². The molecule has 0 spiro atoms. The van der Waals surface area contributed by atoms with Gasteiger partial charge in [-0.05, 0) is 25.1 Å². The minimum Gasteiger partial charge on any atom is -0.351 e. The number of hydrogen-bond donors (Lipinski definition) is 1. The topological polar surface area (TPSA) is 66.5 Å². The molecule has 1 atom stereocenters. The molecule has 1 aliphatic heterocycles. The van der Waals surface area contributed by atoms with Crippen molar-refractivity contribution >= 4 is 27.3 Å². The van der Waals surface area contributed by atoms with E-state index in [0.29, 0.717) is 18.0 Å². The van der Waals surface area contributed by atoms with Crippen LogP contribution in [0.3, 0.4) is 0 Å². The standard InChI is InChI=1S/C14H19ClN2O3S/c1-17(8-11-4-2-3-5-13(11)15)9-14(18)16-12-6-7-21(19,20)10-12/h2-5,12H,6-10H2,1H3,(H,16,18)/t12-/m1/s1. The van der Waals surface area contributed by atoms with Crippen molar-refractivity contribution in [3.05, 3.63) is 34.9 Å². The predicted octanol–water partition coefficient (Wildman–Crippen LogP) is 1.08. The number of amides is 1. The van der Waals surface area contributed by atoms with Gasteiger partial charge in [-0.25, -0.2) is 8.42 Å². The molecule has 21 heavy (non-hydrogen) atoms. The van der Waals surface area contributed by atoms with Crippen LogP contribution in [0.25, 0.3) is 0 Å². The summed E-state index contributed by atoms with van der Waals surface area (Å²) in [5, 5.41) is 3.45. The minimum atomic E-state index is -2.97. The Morgan fingerprint density at radius 2 is 2.14 bits per heavy atom. The summed E-state index contributed by atoms with van der Waals surface area (Å²) < 4.78 is 22.7. The number of benzene rings is 1. The molecular weight excluding hydrogens is 312 g/mol. The van der Waals surface area contributed by atoms with Gasteiger partial charge in [0.2, 0.25) is 5.91 Å². The SMILES string of the molecule is CN(CC(=O)N[C@@H]1CCS(=O)(=O)C1)Cc1ccccc1Cl. The molecule has 1 aliphatic rings. The van der Waals surface area contributed by atoms with Gasteiger partial charge in [-0.2, -0.15) is 0 Å². The predicted molar refractivity (Wildman–Crippen MR) is 83.0 cm³/mol. The molecule has 0 saturated carbocycles. The number of rotatable bonds is 5. The molecule has 1 aromatic carbocycles. The summed E-state index contributed by atoms with van der Waals surface area (Å²) in [6, 6.07) is 7.24. The lowest BCUT2D eigenvalue weighted by Crippen LogP contribution is -2.41. The molecule has 1 N–H and O–H groups in total. The van der Waals surface area contributed by atoms with Gasteiger partial charge in [0.05, 0.1) is 18.1 Å². The van der Waals surface area contributed by atoms with Crippen molar-refractivity contribution in [1.29, 1.82) is 0 Å². The largest absolute Gasteiger partial charge is 0.351 e. The number of nitrogens with one attached hydrogen (secondary N) is 1. The van der Waals surface area contributed by atoms with Gasteiger partial charge in [-0.1, -0.05) is 29.8 Å². The summed E-state index contributed by atoms with van der Waals surface area (Å²) in [6.07, 6.45) is 0.502. The number of carbonyl (C=O) groups is 1. The highest BCUT2D eigenvalue weighted by Crippen LogP contribution is 2.16. The Morgan fingerprint density at radius 1 is 1.43 bits per heavy atom.